The molecule has 21 heavy (non-hydrogen) atoms. The van der Waals surface area contributed by atoms with Gasteiger partial charge in [-0.2, -0.15) is 0 Å². The minimum atomic E-state index is -3.28. The molecule has 1 aromatic carbocycles. The van der Waals surface area contributed by atoms with Crippen molar-refractivity contribution in [1.82, 2.24) is 9.62 Å². The lowest BCUT2D eigenvalue weighted by Crippen LogP contribution is -2.31. The number of sulfonamides is 1. The SMILES string of the molecule is CCCNCc1ccc(CS(=O)(=O)N(C)CCOC)cc1. The van der Waals surface area contributed by atoms with Crippen molar-refractivity contribution in [3.05, 3.63) is 35.4 Å². The third-order valence-electron chi connectivity index (χ3n) is 3.21. The summed E-state index contributed by atoms with van der Waals surface area (Å²) in [6.07, 6.45) is 1.10. The molecule has 0 atom stereocenters. The number of likely N-dealkylation sites (N-methyl/N-ethyl adjacent to an activating group) is 1. The molecule has 0 aliphatic heterocycles. The smallest absolute Gasteiger partial charge is 0.218 e. The second-order valence-electron chi connectivity index (χ2n) is 5.06. The van der Waals surface area contributed by atoms with Gasteiger partial charge in [0, 0.05) is 27.2 Å². The maximum Gasteiger partial charge on any atom is 0.218 e. The predicted molar refractivity (Wildman–Crippen MR) is 85.6 cm³/mol. The maximum absolute atomic E-state index is 12.2. The maximum atomic E-state index is 12.2. The van der Waals surface area contributed by atoms with Gasteiger partial charge in [-0.3, -0.25) is 0 Å². The fourth-order valence-corrected chi connectivity index (χ4v) is 3.03. The van der Waals surface area contributed by atoms with E-state index in [9.17, 15) is 8.42 Å². The van der Waals surface area contributed by atoms with Crippen LogP contribution in [0.15, 0.2) is 24.3 Å². The highest BCUT2D eigenvalue weighted by Gasteiger charge is 2.17. The van der Waals surface area contributed by atoms with E-state index < -0.39 is 10.0 Å². The molecule has 0 heterocycles. The van der Waals surface area contributed by atoms with Crippen molar-refractivity contribution in [1.29, 1.82) is 0 Å². The molecule has 1 rings (SSSR count). The van der Waals surface area contributed by atoms with Crippen molar-refractivity contribution in [3.63, 3.8) is 0 Å². The van der Waals surface area contributed by atoms with E-state index in [1.807, 2.05) is 24.3 Å². The summed E-state index contributed by atoms with van der Waals surface area (Å²) in [7, 11) is -0.140. The summed E-state index contributed by atoms with van der Waals surface area (Å²) >= 11 is 0. The van der Waals surface area contributed by atoms with Crippen LogP contribution in [0, 0.1) is 0 Å². The lowest BCUT2D eigenvalue weighted by Gasteiger charge is -2.16. The molecule has 0 saturated carbocycles. The molecule has 1 N–H and O–H groups in total. The first-order valence-corrected chi connectivity index (χ1v) is 8.82. The van der Waals surface area contributed by atoms with Gasteiger partial charge in [0.25, 0.3) is 0 Å². The number of hydrogen-bond acceptors (Lipinski definition) is 4. The number of ether oxygens (including phenoxy) is 1. The van der Waals surface area contributed by atoms with Gasteiger partial charge in [-0.25, -0.2) is 12.7 Å². The third kappa shape index (κ3) is 6.56. The van der Waals surface area contributed by atoms with Crippen molar-refractivity contribution in [3.8, 4) is 0 Å². The fraction of sp³-hybridized carbons (Fsp3) is 0.600. The highest BCUT2D eigenvalue weighted by Crippen LogP contribution is 2.11. The van der Waals surface area contributed by atoms with E-state index in [1.54, 1.807) is 14.2 Å². The number of rotatable bonds is 10. The zero-order chi connectivity index (χ0) is 15.7. The third-order valence-corrected chi connectivity index (χ3v) is 5.04. The van der Waals surface area contributed by atoms with Crippen LogP contribution in [0.25, 0.3) is 0 Å². The van der Waals surface area contributed by atoms with Crippen molar-refractivity contribution in [2.45, 2.75) is 25.6 Å². The normalized spacial score (nSPS) is 12.0. The molecule has 0 spiro atoms. The van der Waals surface area contributed by atoms with Crippen LogP contribution >= 0.6 is 0 Å². The first kappa shape index (κ1) is 18.1. The van der Waals surface area contributed by atoms with Crippen molar-refractivity contribution >= 4 is 10.0 Å². The molecule has 0 radical (unpaired) electrons. The zero-order valence-corrected chi connectivity index (χ0v) is 13.9. The first-order valence-electron chi connectivity index (χ1n) is 7.21. The molecular formula is C15H26N2O3S. The Kier molecular flexibility index (Phi) is 7.88. The molecule has 0 fully saturated rings. The van der Waals surface area contributed by atoms with E-state index in [4.69, 9.17) is 4.74 Å². The van der Waals surface area contributed by atoms with Gasteiger partial charge in [-0.05, 0) is 24.1 Å². The second-order valence-corrected chi connectivity index (χ2v) is 7.14. The van der Waals surface area contributed by atoms with Crippen LogP contribution in [0.1, 0.15) is 24.5 Å². The lowest BCUT2D eigenvalue weighted by molar-refractivity contribution is 0.185. The number of nitrogens with one attached hydrogen (secondary N) is 1. The zero-order valence-electron chi connectivity index (χ0n) is 13.1. The molecule has 0 aliphatic carbocycles. The molecule has 1 aromatic rings. The van der Waals surface area contributed by atoms with E-state index >= 15 is 0 Å². The standard InChI is InChI=1S/C15H26N2O3S/c1-4-9-16-12-14-5-7-15(8-6-14)13-21(18,19)17(2)10-11-20-3/h5-8,16H,4,9-13H2,1-3H3. The average molecular weight is 314 g/mol. The molecule has 5 nitrogen and oxygen atoms in total. The summed E-state index contributed by atoms with van der Waals surface area (Å²) < 4.78 is 30.6. The number of nitrogens with zero attached hydrogens (tertiary/aromatic N) is 1. The second kappa shape index (κ2) is 9.15. The Hall–Kier alpha value is -0.950. The summed E-state index contributed by atoms with van der Waals surface area (Å²) in [5, 5.41) is 3.32. The van der Waals surface area contributed by atoms with Crippen LogP contribution in [0.4, 0.5) is 0 Å². The van der Waals surface area contributed by atoms with E-state index in [0.717, 1.165) is 30.6 Å². The molecule has 0 amide bonds. The van der Waals surface area contributed by atoms with E-state index in [-0.39, 0.29) is 5.75 Å². The van der Waals surface area contributed by atoms with Crippen molar-refractivity contribution in [2.24, 2.45) is 0 Å². The molecule has 0 aliphatic rings. The monoisotopic (exact) mass is 314 g/mol. The largest absolute Gasteiger partial charge is 0.383 e. The molecular weight excluding hydrogens is 288 g/mol. The number of benzene rings is 1. The van der Waals surface area contributed by atoms with Gasteiger partial charge in [0.2, 0.25) is 10.0 Å². The Morgan fingerprint density at radius 3 is 2.38 bits per heavy atom. The van der Waals surface area contributed by atoms with Crippen LogP contribution in [0.2, 0.25) is 0 Å². The molecule has 120 valence electrons. The van der Waals surface area contributed by atoms with Crippen molar-refractivity contribution < 1.29 is 13.2 Å². The summed E-state index contributed by atoms with van der Waals surface area (Å²) in [6, 6.07) is 7.71. The average Bonchev–Trinajstić information content (AvgIpc) is 2.46. The Balaban J connectivity index is 2.58. The molecule has 0 saturated heterocycles. The van der Waals surface area contributed by atoms with Crippen LogP contribution in [0.3, 0.4) is 0 Å². The quantitative estimate of drug-likeness (QED) is 0.666. The molecule has 0 bridgehead atoms. The molecule has 6 heteroatoms. The number of methoxy groups -OCH3 is 1. The Bertz CT molecular complexity index is 500. The molecule has 0 aromatic heterocycles. The highest BCUT2D eigenvalue weighted by atomic mass is 32.2. The van der Waals surface area contributed by atoms with Gasteiger partial charge in [0.1, 0.15) is 0 Å². The van der Waals surface area contributed by atoms with E-state index in [1.165, 1.54) is 4.31 Å². The Morgan fingerprint density at radius 1 is 1.19 bits per heavy atom. The van der Waals surface area contributed by atoms with Gasteiger partial charge in [0.05, 0.1) is 12.4 Å². The van der Waals surface area contributed by atoms with Gasteiger partial charge in [-0.15, -0.1) is 0 Å². The van der Waals surface area contributed by atoms with Crippen LogP contribution in [-0.2, 0) is 27.1 Å². The van der Waals surface area contributed by atoms with Gasteiger partial charge >= 0.3 is 0 Å². The molecule has 0 unspecified atom stereocenters. The summed E-state index contributed by atoms with van der Waals surface area (Å²) in [4.78, 5) is 0. The summed E-state index contributed by atoms with van der Waals surface area (Å²) in [5.41, 5.74) is 1.97. The van der Waals surface area contributed by atoms with Gasteiger partial charge < -0.3 is 10.1 Å². The fourth-order valence-electron chi connectivity index (χ4n) is 1.84. The first-order chi connectivity index (χ1) is 9.99. The Morgan fingerprint density at radius 2 is 1.81 bits per heavy atom. The van der Waals surface area contributed by atoms with Gasteiger partial charge in [0.15, 0.2) is 0 Å². The number of hydrogen-bond donors (Lipinski definition) is 1. The summed E-state index contributed by atoms with van der Waals surface area (Å²) in [6.45, 7) is 4.70. The van der Waals surface area contributed by atoms with E-state index in [0.29, 0.717) is 13.2 Å². The highest BCUT2D eigenvalue weighted by molar-refractivity contribution is 7.88. The van der Waals surface area contributed by atoms with Gasteiger partial charge in [-0.1, -0.05) is 31.2 Å². The lowest BCUT2D eigenvalue weighted by atomic mass is 10.1. The van der Waals surface area contributed by atoms with Crippen molar-refractivity contribution in [2.75, 3.05) is 33.9 Å². The van der Waals surface area contributed by atoms with Crippen LogP contribution < -0.4 is 5.32 Å². The summed E-state index contributed by atoms with van der Waals surface area (Å²) in [5.74, 6) is 0.0237. The van der Waals surface area contributed by atoms with E-state index in [2.05, 4.69) is 12.2 Å². The topological polar surface area (TPSA) is 58.6 Å². The minimum absolute atomic E-state index is 0.0237. The van der Waals surface area contributed by atoms with Crippen LogP contribution in [0.5, 0.6) is 0 Å². The van der Waals surface area contributed by atoms with Crippen LogP contribution in [-0.4, -0.2) is 46.6 Å². The Labute approximate surface area is 128 Å². The predicted octanol–water partition coefficient (Wildman–Crippen LogP) is 1.59. The minimum Gasteiger partial charge on any atom is -0.383 e.